The van der Waals surface area contributed by atoms with Crippen LogP contribution in [0.5, 0.6) is 5.75 Å². The third-order valence-corrected chi connectivity index (χ3v) is 1.90. The number of para-hydroxylation sites is 1. The van der Waals surface area contributed by atoms with Crippen molar-refractivity contribution in [3.05, 3.63) is 28.8 Å². The number of halogens is 1. The Balaban J connectivity index is 2.87. The molecule has 0 unspecified atom stereocenters. The molecule has 0 saturated heterocycles. The van der Waals surface area contributed by atoms with Crippen molar-refractivity contribution >= 4 is 11.6 Å². The zero-order valence-corrected chi connectivity index (χ0v) is 7.92. The van der Waals surface area contributed by atoms with Crippen molar-refractivity contribution in [2.75, 3.05) is 13.2 Å². The lowest BCUT2D eigenvalue weighted by Gasteiger charge is -2.10. The van der Waals surface area contributed by atoms with Gasteiger partial charge in [0.1, 0.15) is 12.4 Å². The molecular formula is C9H12ClNO2. The second kappa shape index (κ2) is 5.07. The van der Waals surface area contributed by atoms with Crippen LogP contribution < -0.4 is 10.5 Å². The lowest BCUT2D eigenvalue weighted by atomic mass is 10.2. The first-order valence-corrected chi connectivity index (χ1v) is 4.38. The Hall–Kier alpha value is -0.770. The van der Waals surface area contributed by atoms with Crippen molar-refractivity contribution in [2.45, 2.75) is 6.54 Å². The van der Waals surface area contributed by atoms with Crippen molar-refractivity contribution in [1.29, 1.82) is 0 Å². The molecule has 1 aromatic rings. The smallest absolute Gasteiger partial charge is 0.142 e. The van der Waals surface area contributed by atoms with Gasteiger partial charge in [0.05, 0.1) is 11.6 Å². The minimum atomic E-state index is -0.0325. The standard InChI is InChI=1S/C9H12ClNO2/c10-8-3-1-2-7(6-11)9(8)13-5-4-12/h1-3,12H,4-6,11H2. The molecule has 13 heavy (non-hydrogen) atoms. The number of rotatable bonds is 4. The van der Waals surface area contributed by atoms with Crippen LogP contribution in [-0.4, -0.2) is 18.3 Å². The second-order valence-electron chi connectivity index (χ2n) is 2.50. The maximum absolute atomic E-state index is 8.58. The molecule has 3 N–H and O–H groups in total. The van der Waals surface area contributed by atoms with E-state index < -0.39 is 0 Å². The Morgan fingerprint density at radius 3 is 2.85 bits per heavy atom. The lowest BCUT2D eigenvalue weighted by molar-refractivity contribution is 0.200. The summed E-state index contributed by atoms with van der Waals surface area (Å²) < 4.78 is 5.25. The molecule has 0 saturated carbocycles. The molecule has 1 aromatic carbocycles. The Kier molecular flexibility index (Phi) is 4.02. The van der Waals surface area contributed by atoms with Crippen LogP contribution in [0.3, 0.4) is 0 Å². The van der Waals surface area contributed by atoms with Crippen LogP contribution in [-0.2, 0) is 6.54 Å². The molecule has 0 aromatic heterocycles. The monoisotopic (exact) mass is 201 g/mol. The number of hydrogen-bond acceptors (Lipinski definition) is 3. The first-order valence-electron chi connectivity index (χ1n) is 4.00. The first-order chi connectivity index (χ1) is 6.29. The Morgan fingerprint density at radius 2 is 2.23 bits per heavy atom. The number of aliphatic hydroxyl groups is 1. The molecule has 0 aliphatic rings. The van der Waals surface area contributed by atoms with E-state index in [1.54, 1.807) is 6.07 Å². The molecule has 0 heterocycles. The van der Waals surface area contributed by atoms with Crippen LogP contribution in [0.1, 0.15) is 5.56 Å². The maximum Gasteiger partial charge on any atom is 0.142 e. The summed E-state index contributed by atoms with van der Waals surface area (Å²) in [5, 5.41) is 9.11. The molecule has 0 aliphatic heterocycles. The van der Waals surface area contributed by atoms with Gasteiger partial charge in [-0.25, -0.2) is 0 Å². The van der Waals surface area contributed by atoms with Gasteiger partial charge in [-0.15, -0.1) is 0 Å². The van der Waals surface area contributed by atoms with E-state index >= 15 is 0 Å². The molecule has 1 rings (SSSR count). The van der Waals surface area contributed by atoms with E-state index in [2.05, 4.69) is 0 Å². The number of ether oxygens (including phenoxy) is 1. The summed E-state index contributed by atoms with van der Waals surface area (Å²) in [5.41, 5.74) is 6.34. The highest BCUT2D eigenvalue weighted by atomic mass is 35.5. The summed E-state index contributed by atoms with van der Waals surface area (Å²) in [7, 11) is 0. The molecule has 0 amide bonds. The average Bonchev–Trinajstić information content (AvgIpc) is 2.15. The van der Waals surface area contributed by atoms with Crippen molar-refractivity contribution in [3.8, 4) is 5.75 Å². The van der Waals surface area contributed by atoms with Crippen LogP contribution in [0.25, 0.3) is 0 Å². The summed E-state index contributed by atoms with van der Waals surface area (Å²) in [5.74, 6) is 0.570. The van der Waals surface area contributed by atoms with Gasteiger partial charge >= 0.3 is 0 Å². The molecule has 3 nitrogen and oxygen atoms in total. The minimum Gasteiger partial charge on any atom is -0.489 e. The predicted molar refractivity (Wildman–Crippen MR) is 51.9 cm³/mol. The molecule has 72 valence electrons. The summed E-state index contributed by atoms with van der Waals surface area (Å²) >= 11 is 5.88. The molecule has 4 heteroatoms. The van der Waals surface area contributed by atoms with Gasteiger partial charge in [-0.2, -0.15) is 0 Å². The molecule has 0 bridgehead atoms. The first kappa shape index (κ1) is 10.3. The third-order valence-electron chi connectivity index (χ3n) is 1.61. The van der Waals surface area contributed by atoms with Gasteiger partial charge in [-0.3, -0.25) is 0 Å². The van der Waals surface area contributed by atoms with E-state index in [1.165, 1.54) is 0 Å². The molecule has 0 aliphatic carbocycles. The Labute approximate surface area is 82.1 Å². The summed E-state index contributed by atoms with van der Waals surface area (Å²) in [6.45, 7) is 0.577. The van der Waals surface area contributed by atoms with Crippen molar-refractivity contribution < 1.29 is 9.84 Å². The highest BCUT2D eigenvalue weighted by Crippen LogP contribution is 2.28. The van der Waals surface area contributed by atoms with Gasteiger partial charge in [-0.1, -0.05) is 23.7 Å². The fourth-order valence-electron chi connectivity index (χ4n) is 1.02. The van der Waals surface area contributed by atoms with Crippen LogP contribution in [0.4, 0.5) is 0 Å². The highest BCUT2D eigenvalue weighted by Gasteiger charge is 2.05. The lowest BCUT2D eigenvalue weighted by Crippen LogP contribution is -2.06. The average molecular weight is 202 g/mol. The quantitative estimate of drug-likeness (QED) is 0.769. The highest BCUT2D eigenvalue weighted by molar-refractivity contribution is 6.32. The van der Waals surface area contributed by atoms with Crippen LogP contribution >= 0.6 is 11.6 Å². The van der Waals surface area contributed by atoms with Crippen molar-refractivity contribution in [2.24, 2.45) is 5.73 Å². The van der Waals surface area contributed by atoms with Crippen LogP contribution in [0.2, 0.25) is 5.02 Å². The normalized spacial score (nSPS) is 10.1. The van der Waals surface area contributed by atoms with Gasteiger partial charge in [-0.05, 0) is 6.07 Å². The fraction of sp³-hybridized carbons (Fsp3) is 0.333. The number of aliphatic hydroxyl groups excluding tert-OH is 1. The number of hydrogen-bond donors (Lipinski definition) is 2. The number of nitrogens with two attached hydrogens (primary N) is 1. The summed E-state index contributed by atoms with van der Waals surface area (Å²) in [6, 6.07) is 5.39. The topological polar surface area (TPSA) is 55.5 Å². The molecule has 0 fully saturated rings. The summed E-state index contributed by atoms with van der Waals surface area (Å²) in [6.07, 6.45) is 0. The van der Waals surface area contributed by atoms with E-state index in [0.717, 1.165) is 5.56 Å². The Bertz CT molecular complexity index is 278. The molecular weight excluding hydrogens is 190 g/mol. The number of benzene rings is 1. The SMILES string of the molecule is NCc1cccc(Cl)c1OCCO. The summed E-state index contributed by atoms with van der Waals surface area (Å²) in [4.78, 5) is 0. The van der Waals surface area contributed by atoms with Crippen LogP contribution in [0, 0.1) is 0 Å². The zero-order chi connectivity index (χ0) is 9.68. The maximum atomic E-state index is 8.58. The predicted octanol–water partition coefficient (Wildman–Crippen LogP) is 1.17. The zero-order valence-electron chi connectivity index (χ0n) is 7.16. The van der Waals surface area contributed by atoms with E-state index in [9.17, 15) is 0 Å². The van der Waals surface area contributed by atoms with E-state index in [1.807, 2.05) is 12.1 Å². The van der Waals surface area contributed by atoms with Crippen molar-refractivity contribution in [3.63, 3.8) is 0 Å². The van der Waals surface area contributed by atoms with E-state index in [4.69, 9.17) is 27.2 Å². The Morgan fingerprint density at radius 1 is 1.46 bits per heavy atom. The third kappa shape index (κ3) is 2.59. The van der Waals surface area contributed by atoms with Crippen LogP contribution in [0.15, 0.2) is 18.2 Å². The van der Waals surface area contributed by atoms with Gasteiger partial charge in [0.25, 0.3) is 0 Å². The minimum absolute atomic E-state index is 0.0325. The van der Waals surface area contributed by atoms with Gasteiger partial charge in [0, 0.05) is 12.1 Å². The van der Waals surface area contributed by atoms with Gasteiger partial charge in [0.15, 0.2) is 0 Å². The molecule has 0 spiro atoms. The van der Waals surface area contributed by atoms with E-state index in [-0.39, 0.29) is 13.2 Å². The van der Waals surface area contributed by atoms with Crippen molar-refractivity contribution in [1.82, 2.24) is 0 Å². The van der Waals surface area contributed by atoms with Gasteiger partial charge in [0.2, 0.25) is 0 Å². The van der Waals surface area contributed by atoms with Gasteiger partial charge < -0.3 is 15.6 Å². The molecule has 0 radical (unpaired) electrons. The fourth-order valence-corrected chi connectivity index (χ4v) is 1.27. The molecule has 0 atom stereocenters. The largest absolute Gasteiger partial charge is 0.489 e. The van der Waals surface area contributed by atoms with E-state index in [0.29, 0.717) is 17.3 Å². The second-order valence-corrected chi connectivity index (χ2v) is 2.91.